The van der Waals surface area contributed by atoms with Crippen molar-refractivity contribution in [3.8, 4) is 0 Å². The van der Waals surface area contributed by atoms with Crippen LogP contribution < -0.4 is 5.32 Å². The lowest BCUT2D eigenvalue weighted by atomic mass is 10.2. The molecule has 0 aromatic carbocycles. The van der Waals surface area contributed by atoms with Crippen LogP contribution in [-0.4, -0.2) is 61.7 Å². The first-order valence-corrected chi connectivity index (χ1v) is 7.34. The minimum Gasteiger partial charge on any atom is -0.315 e. The Morgan fingerprint density at radius 1 is 1.41 bits per heavy atom. The highest BCUT2D eigenvalue weighted by atomic mass is 15.2. The lowest BCUT2D eigenvalue weighted by molar-refractivity contribution is 0.168. The summed E-state index contributed by atoms with van der Waals surface area (Å²) in [5, 5.41) is 3.51. The predicted octanol–water partition coefficient (Wildman–Crippen LogP) is 1.79. The summed E-state index contributed by atoms with van der Waals surface area (Å²) in [5.74, 6) is 0. The molecule has 0 bridgehead atoms. The zero-order valence-corrected chi connectivity index (χ0v) is 12.2. The zero-order chi connectivity index (χ0) is 12.7. The number of likely N-dealkylation sites (tertiary alicyclic amines) is 1. The Kier molecular flexibility index (Phi) is 7.09. The van der Waals surface area contributed by atoms with E-state index in [1.165, 1.54) is 38.9 Å². The van der Waals surface area contributed by atoms with Crippen molar-refractivity contribution in [2.45, 2.75) is 52.1 Å². The molecular weight excluding hydrogens is 210 g/mol. The maximum Gasteiger partial charge on any atom is 0.0223 e. The van der Waals surface area contributed by atoms with E-state index in [1.807, 2.05) is 0 Å². The van der Waals surface area contributed by atoms with Crippen molar-refractivity contribution < 1.29 is 0 Å². The Balaban J connectivity index is 2.24. The van der Waals surface area contributed by atoms with Crippen LogP contribution in [0.5, 0.6) is 0 Å². The molecule has 102 valence electrons. The highest BCUT2D eigenvalue weighted by Crippen LogP contribution is 2.17. The first kappa shape index (κ1) is 14.9. The van der Waals surface area contributed by atoms with Crippen molar-refractivity contribution in [2.24, 2.45) is 0 Å². The number of rotatable bonds is 8. The molecule has 0 saturated carbocycles. The van der Waals surface area contributed by atoms with E-state index in [2.05, 4.69) is 42.9 Å². The number of nitrogens with zero attached hydrogens (tertiary/aromatic N) is 2. The normalized spacial score (nSPS) is 23.5. The molecule has 1 heterocycles. The maximum absolute atomic E-state index is 3.51. The Morgan fingerprint density at radius 2 is 2.18 bits per heavy atom. The quantitative estimate of drug-likeness (QED) is 0.654. The second-order valence-electron chi connectivity index (χ2n) is 5.42. The number of likely N-dealkylation sites (N-methyl/N-ethyl adjacent to an activating group) is 2. The molecule has 17 heavy (non-hydrogen) atoms. The van der Waals surface area contributed by atoms with Gasteiger partial charge in [0.15, 0.2) is 0 Å². The number of nitrogens with one attached hydrogen (secondary N) is 1. The van der Waals surface area contributed by atoms with Gasteiger partial charge in [0.2, 0.25) is 0 Å². The second-order valence-corrected chi connectivity index (χ2v) is 5.42. The molecule has 0 aromatic heterocycles. The van der Waals surface area contributed by atoms with Gasteiger partial charge < -0.3 is 10.2 Å². The topological polar surface area (TPSA) is 18.5 Å². The van der Waals surface area contributed by atoms with E-state index in [1.54, 1.807) is 0 Å². The van der Waals surface area contributed by atoms with Gasteiger partial charge in [0.25, 0.3) is 0 Å². The van der Waals surface area contributed by atoms with Gasteiger partial charge >= 0.3 is 0 Å². The second kappa shape index (κ2) is 8.06. The van der Waals surface area contributed by atoms with E-state index in [4.69, 9.17) is 0 Å². The van der Waals surface area contributed by atoms with E-state index in [0.717, 1.165) is 19.1 Å². The average Bonchev–Trinajstić information content (AvgIpc) is 2.76. The molecule has 0 radical (unpaired) electrons. The fourth-order valence-corrected chi connectivity index (χ4v) is 2.67. The van der Waals surface area contributed by atoms with E-state index >= 15 is 0 Å². The molecule has 0 spiro atoms. The third-order valence-corrected chi connectivity index (χ3v) is 4.02. The van der Waals surface area contributed by atoms with Gasteiger partial charge in [-0.3, -0.25) is 4.90 Å². The summed E-state index contributed by atoms with van der Waals surface area (Å²) in [5.41, 5.74) is 0. The van der Waals surface area contributed by atoms with Crippen molar-refractivity contribution in [2.75, 3.05) is 39.8 Å². The highest BCUT2D eigenvalue weighted by molar-refractivity contribution is 4.82. The summed E-state index contributed by atoms with van der Waals surface area (Å²) in [6.45, 7) is 12.8. The fourth-order valence-electron chi connectivity index (χ4n) is 2.67. The summed E-state index contributed by atoms with van der Waals surface area (Å²) in [6.07, 6.45) is 3.99. The molecular formula is C14H31N3. The average molecular weight is 241 g/mol. The van der Waals surface area contributed by atoms with Crippen molar-refractivity contribution in [3.63, 3.8) is 0 Å². The van der Waals surface area contributed by atoms with Crippen LogP contribution in [0.2, 0.25) is 0 Å². The summed E-state index contributed by atoms with van der Waals surface area (Å²) in [7, 11) is 2.27. The molecule has 1 aliphatic heterocycles. The van der Waals surface area contributed by atoms with Crippen molar-refractivity contribution in [3.05, 3.63) is 0 Å². The summed E-state index contributed by atoms with van der Waals surface area (Å²) < 4.78 is 0. The summed E-state index contributed by atoms with van der Waals surface area (Å²) in [6, 6.07) is 1.43. The Hall–Kier alpha value is -0.120. The van der Waals surface area contributed by atoms with Crippen LogP contribution in [-0.2, 0) is 0 Å². The fraction of sp³-hybridized carbons (Fsp3) is 1.00. The zero-order valence-electron chi connectivity index (χ0n) is 12.2. The molecule has 1 rings (SSSR count). The van der Waals surface area contributed by atoms with Gasteiger partial charge in [-0.1, -0.05) is 13.8 Å². The number of hydrogen-bond donors (Lipinski definition) is 1. The molecule has 0 amide bonds. The highest BCUT2D eigenvalue weighted by Gasteiger charge is 2.25. The van der Waals surface area contributed by atoms with Crippen LogP contribution in [0.4, 0.5) is 0 Å². The minimum absolute atomic E-state index is 0.640. The monoisotopic (exact) mass is 241 g/mol. The van der Waals surface area contributed by atoms with Gasteiger partial charge in [0.1, 0.15) is 0 Å². The molecule has 0 aliphatic carbocycles. The van der Waals surface area contributed by atoms with Crippen molar-refractivity contribution >= 4 is 0 Å². The van der Waals surface area contributed by atoms with Crippen LogP contribution in [0.15, 0.2) is 0 Å². The molecule has 1 fully saturated rings. The minimum atomic E-state index is 0.640. The van der Waals surface area contributed by atoms with Gasteiger partial charge in [0, 0.05) is 25.2 Å². The molecule has 1 saturated heterocycles. The molecule has 3 heteroatoms. The van der Waals surface area contributed by atoms with Crippen LogP contribution in [0.25, 0.3) is 0 Å². The largest absolute Gasteiger partial charge is 0.315 e. The van der Waals surface area contributed by atoms with Gasteiger partial charge in [-0.05, 0) is 52.9 Å². The van der Waals surface area contributed by atoms with Crippen LogP contribution in [0, 0.1) is 0 Å². The molecule has 2 unspecified atom stereocenters. The summed E-state index contributed by atoms with van der Waals surface area (Å²) in [4.78, 5) is 5.14. The SMILES string of the molecule is CCCNCC(C)N(C)CC1CCCN1CC. The van der Waals surface area contributed by atoms with E-state index in [9.17, 15) is 0 Å². The van der Waals surface area contributed by atoms with Crippen LogP contribution >= 0.6 is 0 Å². The van der Waals surface area contributed by atoms with Crippen LogP contribution in [0.1, 0.15) is 40.0 Å². The van der Waals surface area contributed by atoms with E-state index in [0.29, 0.717) is 6.04 Å². The van der Waals surface area contributed by atoms with Crippen LogP contribution in [0.3, 0.4) is 0 Å². The Bertz CT molecular complexity index is 196. The molecule has 2 atom stereocenters. The number of hydrogen-bond acceptors (Lipinski definition) is 3. The van der Waals surface area contributed by atoms with Gasteiger partial charge in [-0.2, -0.15) is 0 Å². The molecule has 1 aliphatic rings. The molecule has 1 N–H and O–H groups in total. The van der Waals surface area contributed by atoms with Crippen molar-refractivity contribution in [1.29, 1.82) is 0 Å². The Morgan fingerprint density at radius 3 is 2.82 bits per heavy atom. The van der Waals surface area contributed by atoms with E-state index in [-0.39, 0.29) is 0 Å². The van der Waals surface area contributed by atoms with E-state index < -0.39 is 0 Å². The standard InChI is InChI=1S/C14H31N3/c1-5-9-15-11-13(3)16(4)12-14-8-7-10-17(14)6-2/h13-15H,5-12H2,1-4H3. The lowest BCUT2D eigenvalue weighted by Crippen LogP contribution is -2.45. The van der Waals surface area contributed by atoms with Gasteiger partial charge in [-0.25, -0.2) is 0 Å². The molecule has 3 nitrogen and oxygen atoms in total. The van der Waals surface area contributed by atoms with Gasteiger partial charge in [0.05, 0.1) is 0 Å². The summed E-state index contributed by atoms with van der Waals surface area (Å²) >= 11 is 0. The first-order chi connectivity index (χ1) is 8.19. The first-order valence-electron chi connectivity index (χ1n) is 7.34. The lowest BCUT2D eigenvalue weighted by Gasteiger charge is -2.31. The Labute approximate surface area is 108 Å². The third kappa shape index (κ3) is 4.94. The van der Waals surface area contributed by atoms with Crippen molar-refractivity contribution in [1.82, 2.24) is 15.1 Å². The predicted molar refractivity (Wildman–Crippen MR) is 75.5 cm³/mol. The van der Waals surface area contributed by atoms with Gasteiger partial charge in [-0.15, -0.1) is 0 Å². The maximum atomic E-state index is 3.51. The smallest absolute Gasteiger partial charge is 0.0223 e. The third-order valence-electron chi connectivity index (χ3n) is 4.02. The molecule has 0 aromatic rings.